The molecule has 0 saturated heterocycles. The number of aromatic hydroxyl groups is 1. The standard InChI is InChI=1S/C12H12N2O/c13-9-6-7-10(14)12(15)11(9)8-4-2-1-3-5-8/h1-7,15H,13-14H2. The molecule has 0 heterocycles. The SMILES string of the molecule is Nc1ccc(N)c(-c2ccccc2)c1O. The molecule has 0 saturated carbocycles. The maximum absolute atomic E-state index is 9.83. The van der Waals surface area contributed by atoms with Crippen LogP contribution in [0.15, 0.2) is 42.5 Å². The first-order valence-electron chi connectivity index (χ1n) is 4.62. The molecule has 0 bridgehead atoms. The maximum Gasteiger partial charge on any atom is 0.148 e. The molecular formula is C12H12N2O. The lowest BCUT2D eigenvalue weighted by atomic mass is 10.0. The molecule has 0 unspecified atom stereocenters. The van der Waals surface area contributed by atoms with Crippen LogP contribution in [0.2, 0.25) is 0 Å². The zero-order valence-electron chi connectivity index (χ0n) is 8.14. The number of rotatable bonds is 1. The van der Waals surface area contributed by atoms with E-state index in [2.05, 4.69) is 0 Å². The quantitative estimate of drug-likeness (QED) is 0.488. The first kappa shape index (κ1) is 9.40. The first-order valence-corrected chi connectivity index (χ1v) is 4.62. The van der Waals surface area contributed by atoms with E-state index in [1.54, 1.807) is 12.1 Å². The van der Waals surface area contributed by atoms with Crippen molar-refractivity contribution in [1.29, 1.82) is 0 Å². The molecule has 0 atom stereocenters. The van der Waals surface area contributed by atoms with Crippen LogP contribution < -0.4 is 11.5 Å². The lowest BCUT2D eigenvalue weighted by Gasteiger charge is -2.10. The van der Waals surface area contributed by atoms with Crippen molar-refractivity contribution in [3.8, 4) is 16.9 Å². The van der Waals surface area contributed by atoms with Crippen molar-refractivity contribution in [2.24, 2.45) is 0 Å². The summed E-state index contributed by atoms with van der Waals surface area (Å²) in [5.41, 5.74) is 13.7. The van der Waals surface area contributed by atoms with Crippen molar-refractivity contribution in [2.75, 3.05) is 11.5 Å². The van der Waals surface area contributed by atoms with Gasteiger partial charge in [0.1, 0.15) is 5.75 Å². The second kappa shape index (κ2) is 3.53. The Morgan fingerprint density at radius 2 is 1.40 bits per heavy atom. The monoisotopic (exact) mass is 200 g/mol. The molecule has 0 amide bonds. The highest BCUT2D eigenvalue weighted by Gasteiger charge is 2.10. The summed E-state index contributed by atoms with van der Waals surface area (Å²) in [5.74, 6) is 0.0428. The third kappa shape index (κ3) is 1.59. The Labute approximate surface area is 88.0 Å². The molecule has 15 heavy (non-hydrogen) atoms. The molecule has 0 spiro atoms. The van der Waals surface area contributed by atoms with Crippen LogP contribution >= 0.6 is 0 Å². The topological polar surface area (TPSA) is 72.3 Å². The molecule has 3 heteroatoms. The van der Waals surface area contributed by atoms with E-state index in [9.17, 15) is 5.11 Å². The Kier molecular flexibility index (Phi) is 2.21. The molecule has 0 fully saturated rings. The van der Waals surface area contributed by atoms with Gasteiger partial charge in [-0.05, 0) is 17.7 Å². The highest BCUT2D eigenvalue weighted by molar-refractivity contribution is 5.86. The molecule has 2 rings (SSSR count). The van der Waals surface area contributed by atoms with Crippen LogP contribution in [0.1, 0.15) is 0 Å². The molecule has 0 radical (unpaired) electrons. The second-order valence-corrected chi connectivity index (χ2v) is 3.33. The fourth-order valence-corrected chi connectivity index (χ4v) is 1.53. The summed E-state index contributed by atoms with van der Waals surface area (Å²) >= 11 is 0. The molecule has 0 aliphatic rings. The molecule has 5 N–H and O–H groups in total. The summed E-state index contributed by atoms with van der Waals surface area (Å²) in [5, 5.41) is 9.83. The van der Waals surface area contributed by atoms with Gasteiger partial charge in [0.25, 0.3) is 0 Å². The number of nitrogen functional groups attached to an aromatic ring is 2. The fourth-order valence-electron chi connectivity index (χ4n) is 1.53. The van der Waals surface area contributed by atoms with Gasteiger partial charge in [-0.1, -0.05) is 30.3 Å². The zero-order valence-corrected chi connectivity index (χ0v) is 8.14. The summed E-state index contributed by atoms with van der Waals surface area (Å²) in [6, 6.07) is 12.7. The largest absolute Gasteiger partial charge is 0.505 e. The Hall–Kier alpha value is -2.16. The van der Waals surface area contributed by atoms with Crippen molar-refractivity contribution in [2.45, 2.75) is 0 Å². The summed E-state index contributed by atoms with van der Waals surface area (Å²) < 4.78 is 0. The van der Waals surface area contributed by atoms with Gasteiger partial charge in [-0.25, -0.2) is 0 Å². The van der Waals surface area contributed by atoms with Gasteiger partial charge in [0.05, 0.1) is 5.69 Å². The van der Waals surface area contributed by atoms with E-state index >= 15 is 0 Å². The van der Waals surface area contributed by atoms with Crippen LogP contribution in [0, 0.1) is 0 Å². The summed E-state index contributed by atoms with van der Waals surface area (Å²) in [6.07, 6.45) is 0. The Morgan fingerprint density at radius 3 is 2.07 bits per heavy atom. The van der Waals surface area contributed by atoms with Gasteiger partial charge in [-0.3, -0.25) is 0 Å². The third-order valence-corrected chi connectivity index (χ3v) is 2.30. The Balaban J connectivity index is 2.68. The van der Waals surface area contributed by atoms with E-state index in [1.807, 2.05) is 30.3 Å². The maximum atomic E-state index is 9.83. The predicted octanol–water partition coefficient (Wildman–Crippen LogP) is 2.22. The zero-order chi connectivity index (χ0) is 10.8. The number of benzene rings is 2. The van der Waals surface area contributed by atoms with Crippen molar-refractivity contribution < 1.29 is 5.11 Å². The average molecular weight is 200 g/mol. The van der Waals surface area contributed by atoms with Crippen LogP contribution in [-0.4, -0.2) is 5.11 Å². The molecule has 0 aliphatic heterocycles. The number of phenols is 1. The highest BCUT2D eigenvalue weighted by atomic mass is 16.3. The lowest BCUT2D eigenvalue weighted by molar-refractivity contribution is 0.480. The van der Waals surface area contributed by atoms with Gasteiger partial charge in [-0.2, -0.15) is 0 Å². The Bertz CT molecular complexity index is 480. The minimum atomic E-state index is 0.0428. The molecule has 0 aliphatic carbocycles. The van der Waals surface area contributed by atoms with Crippen LogP contribution in [-0.2, 0) is 0 Å². The number of hydrogen-bond acceptors (Lipinski definition) is 3. The van der Waals surface area contributed by atoms with Crippen LogP contribution in [0.5, 0.6) is 5.75 Å². The van der Waals surface area contributed by atoms with Crippen LogP contribution in [0.4, 0.5) is 11.4 Å². The van der Waals surface area contributed by atoms with E-state index in [-0.39, 0.29) is 5.75 Å². The van der Waals surface area contributed by atoms with Crippen molar-refractivity contribution in [1.82, 2.24) is 0 Å². The minimum absolute atomic E-state index is 0.0428. The average Bonchev–Trinajstić information content (AvgIpc) is 2.26. The first-order chi connectivity index (χ1) is 7.20. The summed E-state index contributed by atoms with van der Waals surface area (Å²) in [4.78, 5) is 0. The molecule has 76 valence electrons. The lowest BCUT2D eigenvalue weighted by Crippen LogP contribution is -1.94. The molecule has 2 aromatic rings. The third-order valence-electron chi connectivity index (χ3n) is 2.30. The van der Waals surface area contributed by atoms with Gasteiger partial charge in [0, 0.05) is 11.3 Å². The minimum Gasteiger partial charge on any atom is -0.505 e. The van der Waals surface area contributed by atoms with E-state index in [0.29, 0.717) is 16.9 Å². The second-order valence-electron chi connectivity index (χ2n) is 3.33. The van der Waals surface area contributed by atoms with E-state index in [4.69, 9.17) is 11.5 Å². The molecule has 3 nitrogen and oxygen atoms in total. The van der Waals surface area contributed by atoms with Crippen LogP contribution in [0.25, 0.3) is 11.1 Å². The summed E-state index contributed by atoms with van der Waals surface area (Å²) in [6.45, 7) is 0. The highest BCUT2D eigenvalue weighted by Crippen LogP contribution is 2.38. The van der Waals surface area contributed by atoms with Crippen molar-refractivity contribution in [3.63, 3.8) is 0 Å². The number of anilines is 2. The van der Waals surface area contributed by atoms with Gasteiger partial charge < -0.3 is 16.6 Å². The number of hydrogen-bond donors (Lipinski definition) is 3. The van der Waals surface area contributed by atoms with Gasteiger partial charge >= 0.3 is 0 Å². The molecule has 0 aromatic heterocycles. The van der Waals surface area contributed by atoms with Gasteiger partial charge in [-0.15, -0.1) is 0 Å². The fraction of sp³-hybridized carbons (Fsp3) is 0. The normalized spacial score (nSPS) is 10.1. The number of nitrogens with two attached hydrogens (primary N) is 2. The molecular weight excluding hydrogens is 188 g/mol. The van der Waals surface area contributed by atoms with Crippen molar-refractivity contribution in [3.05, 3.63) is 42.5 Å². The van der Waals surface area contributed by atoms with Crippen molar-refractivity contribution >= 4 is 11.4 Å². The van der Waals surface area contributed by atoms with Gasteiger partial charge in [0.15, 0.2) is 0 Å². The Morgan fingerprint density at radius 1 is 0.800 bits per heavy atom. The van der Waals surface area contributed by atoms with Gasteiger partial charge in [0.2, 0.25) is 0 Å². The smallest absolute Gasteiger partial charge is 0.148 e. The predicted molar refractivity (Wildman–Crippen MR) is 62.4 cm³/mol. The van der Waals surface area contributed by atoms with Crippen LogP contribution in [0.3, 0.4) is 0 Å². The number of phenolic OH excluding ortho intramolecular Hbond substituents is 1. The molecule has 2 aromatic carbocycles. The van der Waals surface area contributed by atoms with E-state index < -0.39 is 0 Å². The van der Waals surface area contributed by atoms with E-state index in [0.717, 1.165) is 5.56 Å². The summed E-state index contributed by atoms with van der Waals surface area (Å²) in [7, 11) is 0. The van der Waals surface area contributed by atoms with E-state index in [1.165, 1.54) is 0 Å².